The van der Waals surface area contributed by atoms with E-state index in [-0.39, 0.29) is 21.0 Å². The number of hydrogen-bond acceptors (Lipinski definition) is 4. The molecule has 0 aliphatic carbocycles. The van der Waals surface area contributed by atoms with Crippen molar-refractivity contribution in [3.05, 3.63) is 30.3 Å². The van der Waals surface area contributed by atoms with Crippen LogP contribution >= 0.6 is 8.69 Å². The van der Waals surface area contributed by atoms with Gasteiger partial charge < -0.3 is 16.8 Å². The van der Waals surface area contributed by atoms with Crippen LogP contribution in [0.25, 0.3) is 0 Å². The van der Waals surface area contributed by atoms with Crippen LogP contribution in [0.15, 0.2) is 30.3 Å². The van der Waals surface area contributed by atoms with Crippen molar-refractivity contribution < 1.29 is 9.09 Å². The first-order valence-corrected chi connectivity index (χ1v) is 3.21. The van der Waals surface area contributed by atoms with Crippen LogP contribution in [0.2, 0.25) is 0 Å². The molecule has 62 valence electrons. The summed E-state index contributed by atoms with van der Waals surface area (Å²) in [5.74, 6) is 0.620. The summed E-state index contributed by atoms with van der Waals surface area (Å²) in [6.45, 7) is 0. The molecule has 0 aliphatic heterocycles. The van der Waals surface area contributed by atoms with Crippen LogP contribution < -0.4 is 16.8 Å². The summed E-state index contributed by atoms with van der Waals surface area (Å²) < 4.78 is 14.5. The summed E-state index contributed by atoms with van der Waals surface area (Å²) >= 11 is 0. The molecule has 0 radical (unpaired) electrons. The first-order valence-electron chi connectivity index (χ1n) is 2.48. The Kier molecular flexibility index (Phi) is 8.25. The SMILES string of the molecule is N.N.O=POc1ccccc1. The van der Waals surface area contributed by atoms with E-state index < -0.39 is 0 Å². The molecule has 6 N–H and O–H groups in total. The van der Waals surface area contributed by atoms with Gasteiger partial charge in [-0.05, 0) is 12.1 Å². The molecule has 0 aliphatic rings. The van der Waals surface area contributed by atoms with Gasteiger partial charge in [-0.15, -0.1) is 0 Å². The van der Waals surface area contributed by atoms with E-state index in [2.05, 4.69) is 4.52 Å². The quantitative estimate of drug-likeness (QED) is 0.673. The minimum absolute atomic E-state index is 0. The van der Waals surface area contributed by atoms with Gasteiger partial charge in [0.05, 0.1) is 0 Å². The molecule has 1 aromatic rings. The van der Waals surface area contributed by atoms with E-state index in [0.29, 0.717) is 5.75 Å². The average molecular weight is 174 g/mol. The minimum atomic E-state index is -0.305. The predicted molar refractivity (Wildman–Crippen MR) is 44.7 cm³/mol. The van der Waals surface area contributed by atoms with E-state index in [1.54, 1.807) is 12.1 Å². The minimum Gasteiger partial charge on any atom is -0.408 e. The fraction of sp³-hybridized carbons (Fsp3) is 0. The Bertz CT molecular complexity index is 193. The van der Waals surface area contributed by atoms with Crippen LogP contribution in [-0.4, -0.2) is 0 Å². The van der Waals surface area contributed by atoms with Crippen molar-refractivity contribution >= 4 is 8.69 Å². The van der Waals surface area contributed by atoms with E-state index in [1.165, 1.54) is 0 Å². The molecule has 0 saturated carbocycles. The maximum Gasteiger partial charge on any atom is 0.395 e. The van der Waals surface area contributed by atoms with Gasteiger partial charge in [-0.1, -0.05) is 18.2 Å². The van der Waals surface area contributed by atoms with Crippen LogP contribution in [0.5, 0.6) is 5.75 Å². The zero-order chi connectivity index (χ0) is 6.53. The number of benzene rings is 1. The summed E-state index contributed by atoms with van der Waals surface area (Å²) in [6.07, 6.45) is 0. The van der Waals surface area contributed by atoms with Crippen LogP contribution in [0.4, 0.5) is 0 Å². The molecular formula is C6H11N2O2P. The van der Waals surface area contributed by atoms with Crippen molar-refractivity contribution in [2.75, 3.05) is 0 Å². The molecule has 11 heavy (non-hydrogen) atoms. The van der Waals surface area contributed by atoms with Crippen molar-refractivity contribution in [3.8, 4) is 5.75 Å². The lowest BCUT2D eigenvalue weighted by Gasteiger charge is -1.90. The fourth-order valence-electron chi connectivity index (χ4n) is 0.524. The van der Waals surface area contributed by atoms with E-state index >= 15 is 0 Å². The Labute approximate surface area is 67.0 Å². The molecule has 0 amide bonds. The van der Waals surface area contributed by atoms with Crippen LogP contribution in [-0.2, 0) is 4.57 Å². The van der Waals surface area contributed by atoms with Gasteiger partial charge in [0.25, 0.3) is 0 Å². The molecule has 0 unspecified atom stereocenters. The molecule has 1 aromatic carbocycles. The molecule has 0 atom stereocenters. The van der Waals surface area contributed by atoms with E-state index in [0.717, 1.165) is 0 Å². The topological polar surface area (TPSA) is 96.3 Å². The maximum absolute atomic E-state index is 9.85. The van der Waals surface area contributed by atoms with E-state index in [1.807, 2.05) is 18.2 Å². The van der Waals surface area contributed by atoms with Gasteiger partial charge in [-0.3, -0.25) is 0 Å². The average Bonchev–Trinajstić information content (AvgIpc) is 1.91. The second-order valence-corrected chi connectivity index (χ2v) is 1.81. The lowest BCUT2D eigenvalue weighted by molar-refractivity contribution is 0.525. The predicted octanol–water partition coefficient (Wildman–Crippen LogP) is 2.60. The summed E-state index contributed by atoms with van der Waals surface area (Å²) in [5, 5.41) is 0. The number of rotatable bonds is 2. The van der Waals surface area contributed by atoms with Crippen molar-refractivity contribution in [1.29, 1.82) is 0 Å². The molecule has 4 nitrogen and oxygen atoms in total. The summed E-state index contributed by atoms with van der Waals surface area (Å²) in [7, 11) is -0.305. The Morgan fingerprint density at radius 2 is 1.64 bits per heavy atom. The lowest BCUT2D eigenvalue weighted by atomic mass is 10.3. The van der Waals surface area contributed by atoms with Gasteiger partial charge in [0, 0.05) is 0 Å². The Hall–Kier alpha value is -0.960. The van der Waals surface area contributed by atoms with E-state index in [9.17, 15) is 4.57 Å². The third kappa shape index (κ3) is 4.44. The largest absolute Gasteiger partial charge is 0.408 e. The zero-order valence-corrected chi connectivity index (χ0v) is 6.96. The van der Waals surface area contributed by atoms with Crippen molar-refractivity contribution in [1.82, 2.24) is 12.3 Å². The van der Waals surface area contributed by atoms with Gasteiger partial charge in [0.2, 0.25) is 0 Å². The third-order valence-corrected chi connectivity index (χ3v) is 1.17. The van der Waals surface area contributed by atoms with E-state index in [4.69, 9.17) is 0 Å². The highest BCUT2D eigenvalue weighted by Gasteiger charge is 1.85. The molecule has 0 spiro atoms. The fourth-order valence-corrected chi connectivity index (χ4v) is 0.732. The van der Waals surface area contributed by atoms with Crippen LogP contribution in [0.1, 0.15) is 0 Å². The number of hydrogen-bond donors (Lipinski definition) is 2. The van der Waals surface area contributed by atoms with Gasteiger partial charge in [0.15, 0.2) is 0 Å². The van der Waals surface area contributed by atoms with Gasteiger partial charge in [-0.25, -0.2) is 4.57 Å². The molecule has 0 aromatic heterocycles. The Morgan fingerprint density at radius 1 is 1.09 bits per heavy atom. The number of para-hydroxylation sites is 1. The Morgan fingerprint density at radius 3 is 2.09 bits per heavy atom. The molecular weight excluding hydrogens is 163 g/mol. The standard InChI is InChI=1S/C6H5O2P.2H3N/c7-9-8-6-4-2-1-3-5-6;;/h1-5H;2*1H3. The van der Waals surface area contributed by atoms with Gasteiger partial charge >= 0.3 is 8.69 Å². The lowest BCUT2D eigenvalue weighted by Crippen LogP contribution is -1.70. The highest BCUT2D eigenvalue weighted by atomic mass is 31.1. The monoisotopic (exact) mass is 174 g/mol. The molecule has 5 heteroatoms. The Balaban J connectivity index is 0. The van der Waals surface area contributed by atoms with Crippen LogP contribution in [0.3, 0.4) is 0 Å². The van der Waals surface area contributed by atoms with Crippen molar-refractivity contribution in [3.63, 3.8) is 0 Å². The first-order chi connectivity index (χ1) is 4.43. The van der Waals surface area contributed by atoms with Gasteiger partial charge in [0.1, 0.15) is 5.75 Å². The van der Waals surface area contributed by atoms with Crippen molar-refractivity contribution in [2.45, 2.75) is 0 Å². The molecule has 0 bridgehead atoms. The second kappa shape index (κ2) is 7.15. The summed E-state index contributed by atoms with van der Waals surface area (Å²) in [5.41, 5.74) is 0. The maximum atomic E-state index is 9.85. The molecule has 0 fully saturated rings. The molecule has 1 rings (SSSR count). The molecule has 0 saturated heterocycles. The smallest absolute Gasteiger partial charge is 0.395 e. The normalized spacial score (nSPS) is 7.64. The second-order valence-electron chi connectivity index (χ2n) is 1.48. The van der Waals surface area contributed by atoms with Gasteiger partial charge in [-0.2, -0.15) is 0 Å². The molecule has 0 heterocycles. The third-order valence-electron chi connectivity index (χ3n) is 0.886. The highest BCUT2D eigenvalue weighted by Crippen LogP contribution is 2.12. The van der Waals surface area contributed by atoms with Crippen molar-refractivity contribution in [2.24, 2.45) is 0 Å². The summed E-state index contributed by atoms with van der Waals surface area (Å²) in [4.78, 5) is 0. The first kappa shape index (κ1) is 12.7. The zero-order valence-electron chi connectivity index (χ0n) is 6.06. The van der Waals surface area contributed by atoms with Crippen LogP contribution in [0, 0.1) is 0 Å². The highest BCUT2D eigenvalue weighted by molar-refractivity contribution is 7.17. The summed E-state index contributed by atoms with van der Waals surface area (Å²) in [6, 6.07) is 8.99.